The van der Waals surface area contributed by atoms with Gasteiger partial charge in [-0.15, -0.1) is 0 Å². The zero-order valence-corrected chi connectivity index (χ0v) is 7.91. The second-order valence-corrected chi connectivity index (χ2v) is 3.92. The van der Waals surface area contributed by atoms with E-state index in [9.17, 15) is 4.39 Å². The van der Waals surface area contributed by atoms with Crippen LogP contribution in [0.1, 0.15) is 30.9 Å². The van der Waals surface area contributed by atoms with Crippen LogP contribution in [-0.2, 0) is 0 Å². The van der Waals surface area contributed by atoms with E-state index in [1.807, 2.05) is 0 Å². The molecular formula is C11H14FNO. The molecule has 0 aromatic heterocycles. The maximum Gasteiger partial charge on any atom is 0.131 e. The SMILES string of the molecule is N[C@H](c1ccc(O)cc1F)C1CCC1. The maximum absolute atomic E-state index is 13.4. The van der Waals surface area contributed by atoms with E-state index in [0.29, 0.717) is 11.5 Å². The fourth-order valence-electron chi connectivity index (χ4n) is 1.84. The molecule has 0 radical (unpaired) electrons. The van der Waals surface area contributed by atoms with E-state index < -0.39 is 5.82 Å². The van der Waals surface area contributed by atoms with E-state index in [4.69, 9.17) is 10.8 Å². The molecule has 0 heterocycles. The molecule has 1 aromatic carbocycles. The van der Waals surface area contributed by atoms with Gasteiger partial charge in [0.15, 0.2) is 0 Å². The first-order chi connectivity index (χ1) is 6.68. The van der Waals surface area contributed by atoms with Crippen LogP contribution in [0.4, 0.5) is 4.39 Å². The zero-order valence-electron chi connectivity index (χ0n) is 7.91. The second kappa shape index (κ2) is 3.58. The number of phenols is 1. The van der Waals surface area contributed by atoms with Crippen molar-refractivity contribution in [1.82, 2.24) is 0 Å². The lowest BCUT2D eigenvalue weighted by Crippen LogP contribution is -2.27. The topological polar surface area (TPSA) is 46.2 Å². The van der Waals surface area contributed by atoms with Gasteiger partial charge in [0.1, 0.15) is 11.6 Å². The van der Waals surface area contributed by atoms with E-state index in [-0.39, 0.29) is 11.8 Å². The lowest BCUT2D eigenvalue weighted by atomic mass is 9.77. The van der Waals surface area contributed by atoms with E-state index in [1.165, 1.54) is 12.5 Å². The summed E-state index contributed by atoms with van der Waals surface area (Å²) in [5, 5.41) is 9.05. The predicted octanol–water partition coefficient (Wildman–Crippen LogP) is 2.33. The summed E-state index contributed by atoms with van der Waals surface area (Å²) in [5.41, 5.74) is 6.45. The molecule has 2 rings (SSSR count). The molecule has 0 unspecified atom stereocenters. The number of hydrogen-bond donors (Lipinski definition) is 2. The fraction of sp³-hybridized carbons (Fsp3) is 0.455. The Kier molecular flexibility index (Phi) is 2.42. The average Bonchev–Trinajstić information content (AvgIpc) is 2.00. The van der Waals surface area contributed by atoms with Gasteiger partial charge in [-0.3, -0.25) is 0 Å². The molecule has 3 N–H and O–H groups in total. The molecule has 1 atom stereocenters. The lowest BCUT2D eigenvalue weighted by molar-refractivity contribution is 0.260. The number of aromatic hydroxyl groups is 1. The van der Waals surface area contributed by atoms with Crippen molar-refractivity contribution in [3.8, 4) is 5.75 Å². The number of halogens is 1. The van der Waals surface area contributed by atoms with Crippen LogP contribution < -0.4 is 5.73 Å². The van der Waals surface area contributed by atoms with Gasteiger partial charge in [-0.05, 0) is 24.8 Å². The zero-order chi connectivity index (χ0) is 10.1. The van der Waals surface area contributed by atoms with Gasteiger partial charge in [0.2, 0.25) is 0 Å². The summed E-state index contributed by atoms with van der Waals surface area (Å²) in [4.78, 5) is 0. The molecule has 0 amide bonds. The Morgan fingerprint density at radius 1 is 1.43 bits per heavy atom. The van der Waals surface area contributed by atoms with Crippen molar-refractivity contribution in [2.75, 3.05) is 0 Å². The van der Waals surface area contributed by atoms with Crippen LogP contribution in [-0.4, -0.2) is 5.11 Å². The Morgan fingerprint density at radius 3 is 2.64 bits per heavy atom. The molecule has 0 aliphatic heterocycles. The predicted molar refractivity (Wildman–Crippen MR) is 52.3 cm³/mol. The largest absolute Gasteiger partial charge is 0.508 e. The van der Waals surface area contributed by atoms with Crippen molar-refractivity contribution >= 4 is 0 Å². The van der Waals surface area contributed by atoms with E-state index in [0.717, 1.165) is 18.9 Å². The normalized spacial score (nSPS) is 19.0. The van der Waals surface area contributed by atoms with Crippen molar-refractivity contribution in [1.29, 1.82) is 0 Å². The minimum Gasteiger partial charge on any atom is -0.508 e. The minimum absolute atomic E-state index is 0.0490. The number of rotatable bonds is 2. The molecule has 0 bridgehead atoms. The first kappa shape index (κ1) is 9.46. The van der Waals surface area contributed by atoms with Crippen molar-refractivity contribution in [2.24, 2.45) is 11.7 Å². The third-order valence-electron chi connectivity index (χ3n) is 3.00. The fourth-order valence-corrected chi connectivity index (χ4v) is 1.84. The number of benzene rings is 1. The third kappa shape index (κ3) is 1.60. The molecular weight excluding hydrogens is 181 g/mol. The van der Waals surface area contributed by atoms with Gasteiger partial charge < -0.3 is 10.8 Å². The molecule has 1 aromatic rings. The summed E-state index contributed by atoms with van der Waals surface area (Å²) in [5.74, 6) is -0.0366. The minimum atomic E-state index is -0.399. The smallest absolute Gasteiger partial charge is 0.131 e. The molecule has 2 nitrogen and oxygen atoms in total. The van der Waals surface area contributed by atoms with Gasteiger partial charge in [-0.1, -0.05) is 12.5 Å². The summed E-state index contributed by atoms with van der Waals surface area (Å²) in [6.07, 6.45) is 3.36. The summed E-state index contributed by atoms with van der Waals surface area (Å²) in [6.45, 7) is 0. The Bertz CT molecular complexity index is 336. The molecule has 0 spiro atoms. The van der Waals surface area contributed by atoms with Crippen LogP contribution in [0, 0.1) is 11.7 Å². The third-order valence-corrected chi connectivity index (χ3v) is 3.00. The highest BCUT2D eigenvalue weighted by molar-refractivity contribution is 5.30. The molecule has 1 aliphatic rings. The summed E-state index contributed by atoms with van der Waals surface area (Å²) < 4.78 is 13.4. The van der Waals surface area contributed by atoms with Crippen molar-refractivity contribution < 1.29 is 9.50 Å². The molecule has 14 heavy (non-hydrogen) atoms. The molecule has 0 saturated heterocycles. The first-order valence-corrected chi connectivity index (χ1v) is 4.92. The molecule has 3 heteroatoms. The van der Waals surface area contributed by atoms with Gasteiger partial charge in [-0.2, -0.15) is 0 Å². The van der Waals surface area contributed by atoms with Crippen LogP contribution in [0.2, 0.25) is 0 Å². The summed E-state index contributed by atoms with van der Waals surface area (Å²) >= 11 is 0. The lowest BCUT2D eigenvalue weighted by Gasteiger charge is -2.31. The summed E-state index contributed by atoms with van der Waals surface area (Å²) in [6, 6.07) is 3.96. The first-order valence-electron chi connectivity index (χ1n) is 4.92. The highest BCUT2D eigenvalue weighted by atomic mass is 19.1. The van der Waals surface area contributed by atoms with Crippen molar-refractivity contribution in [2.45, 2.75) is 25.3 Å². The Hall–Kier alpha value is -1.09. The van der Waals surface area contributed by atoms with Gasteiger partial charge in [0, 0.05) is 17.7 Å². The van der Waals surface area contributed by atoms with Gasteiger partial charge in [0.05, 0.1) is 0 Å². The van der Waals surface area contributed by atoms with Crippen molar-refractivity contribution in [3.05, 3.63) is 29.6 Å². The molecule has 1 saturated carbocycles. The van der Waals surface area contributed by atoms with Crippen LogP contribution in [0.5, 0.6) is 5.75 Å². The van der Waals surface area contributed by atoms with E-state index in [2.05, 4.69) is 0 Å². The van der Waals surface area contributed by atoms with Crippen LogP contribution >= 0.6 is 0 Å². The van der Waals surface area contributed by atoms with Gasteiger partial charge >= 0.3 is 0 Å². The molecule has 1 fully saturated rings. The maximum atomic E-state index is 13.4. The Morgan fingerprint density at radius 2 is 2.14 bits per heavy atom. The Balaban J connectivity index is 2.22. The van der Waals surface area contributed by atoms with Crippen LogP contribution in [0.15, 0.2) is 18.2 Å². The summed E-state index contributed by atoms with van der Waals surface area (Å²) in [7, 11) is 0. The van der Waals surface area contributed by atoms with Crippen LogP contribution in [0.3, 0.4) is 0 Å². The van der Waals surface area contributed by atoms with Crippen LogP contribution in [0.25, 0.3) is 0 Å². The Labute approximate surface area is 82.5 Å². The molecule has 1 aliphatic carbocycles. The number of phenolic OH excluding ortho intramolecular Hbond substituents is 1. The van der Waals surface area contributed by atoms with E-state index >= 15 is 0 Å². The van der Waals surface area contributed by atoms with Gasteiger partial charge in [-0.25, -0.2) is 4.39 Å². The second-order valence-electron chi connectivity index (χ2n) is 3.92. The quantitative estimate of drug-likeness (QED) is 0.760. The monoisotopic (exact) mass is 195 g/mol. The highest BCUT2D eigenvalue weighted by Crippen LogP contribution is 2.37. The molecule has 76 valence electrons. The average molecular weight is 195 g/mol. The number of nitrogens with two attached hydrogens (primary N) is 1. The standard InChI is InChI=1S/C11H14FNO/c12-10-6-8(14)4-5-9(10)11(13)7-2-1-3-7/h4-7,11,14H,1-3,13H2/t11-/m0/s1. The van der Waals surface area contributed by atoms with E-state index in [1.54, 1.807) is 6.07 Å². The number of hydrogen-bond acceptors (Lipinski definition) is 2. The van der Waals surface area contributed by atoms with Crippen molar-refractivity contribution in [3.63, 3.8) is 0 Å². The highest BCUT2D eigenvalue weighted by Gasteiger charge is 2.27. The van der Waals surface area contributed by atoms with Gasteiger partial charge in [0.25, 0.3) is 0 Å².